The molecule has 100 valence electrons. The van der Waals surface area contributed by atoms with E-state index in [-0.39, 0.29) is 11.4 Å². The summed E-state index contributed by atoms with van der Waals surface area (Å²) < 4.78 is 13.7. The molecular weight excluding hydrogens is 227 g/mol. The van der Waals surface area contributed by atoms with E-state index in [0.29, 0.717) is 6.04 Å². The van der Waals surface area contributed by atoms with Crippen molar-refractivity contribution in [3.05, 3.63) is 29.6 Å². The van der Waals surface area contributed by atoms with Gasteiger partial charge in [0.25, 0.3) is 0 Å². The van der Waals surface area contributed by atoms with Crippen molar-refractivity contribution in [2.45, 2.75) is 45.7 Å². The van der Waals surface area contributed by atoms with Crippen molar-refractivity contribution in [1.82, 2.24) is 5.32 Å². The van der Waals surface area contributed by atoms with E-state index in [1.165, 1.54) is 6.07 Å². The van der Waals surface area contributed by atoms with Crippen molar-refractivity contribution >= 4 is 5.69 Å². The van der Waals surface area contributed by atoms with Crippen LogP contribution in [0.1, 0.15) is 32.8 Å². The Labute approximate surface area is 109 Å². The Hall–Kier alpha value is -1.09. The quantitative estimate of drug-likeness (QED) is 0.867. The van der Waals surface area contributed by atoms with Gasteiger partial charge < -0.3 is 10.2 Å². The normalized spacial score (nSPS) is 28.5. The molecule has 2 atom stereocenters. The molecule has 1 fully saturated rings. The molecule has 0 radical (unpaired) electrons. The van der Waals surface area contributed by atoms with E-state index in [2.05, 4.69) is 31.0 Å². The number of halogens is 1. The lowest BCUT2D eigenvalue weighted by molar-refractivity contribution is 0.285. The van der Waals surface area contributed by atoms with Gasteiger partial charge in [0, 0.05) is 35.9 Å². The summed E-state index contributed by atoms with van der Waals surface area (Å²) in [4.78, 5) is 2.33. The molecule has 1 heterocycles. The number of anilines is 1. The van der Waals surface area contributed by atoms with Crippen LogP contribution in [0.15, 0.2) is 18.2 Å². The maximum atomic E-state index is 13.7. The number of nitrogens with zero attached hydrogens (tertiary/aromatic N) is 1. The molecule has 1 aliphatic heterocycles. The van der Waals surface area contributed by atoms with E-state index in [9.17, 15) is 4.39 Å². The smallest absolute Gasteiger partial charge is 0.128 e. The third-order valence-electron chi connectivity index (χ3n) is 4.20. The molecule has 1 N–H and O–H groups in total. The molecule has 18 heavy (non-hydrogen) atoms. The SMILES string of the molecule is CCC1(C)CN(c2cccc(F)c2C)C(C)CN1. The minimum Gasteiger partial charge on any atom is -0.365 e. The Morgan fingerprint density at radius 1 is 1.50 bits per heavy atom. The summed E-state index contributed by atoms with van der Waals surface area (Å²) in [7, 11) is 0. The molecule has 1 aromatic carbocycles. The van der Waals surface area contributed by atoms with E-state index in [1.807, 2.05) is 13.0 Å². The van der Waals surface area contributed by atoms with Crippen molar-refractivity contribution in [3.8, 4) is 0 Å². The van der Waals surface area contributed by atoms with Gasteiger partial charge in [0.1, 0.15) is 5.82 Å². The molecule has 0 aliphatic carbocycles. The number of rotatable bonds is 2. The lowest BCUT2D eigenvalue weighted by Crippen LogP contribution is -2.62. The van der Waals surface area contributed by atoms with Crippen LogP contribution in [-0.4, -0.2) is 24.7 Å². The summed E-state index contributed by atoms with van der Waals surface area (Å²) >= 11 is 0. The maximum absolute atomic E-state index is 13.7. The predicted octanol–water partition coefficient (Wildman–Crippen LogP) is 3.10. The van der Waals surface area contributed by atoms with Crippen LogP contribution in [0, 0.1) is 12.7 Å². The summed E-state index contributed by atoms with van der Waals surface area (Å²) in [6, 6.07) is 5.75. The van der Waals surface area contributed by atoms with Crippen molar-refractivity contribution in [3.63, 3.8) is 0 Å². The summed E-state index contributed by atoms with van der Waals surface area (Å²) in [6.45, 7) is 10.4. The highest BCUT2D eigenvalue weighted by atomic mass is 19.1. The number of benzene rings is 1. The van der Waals surface area contributed by atoms with Crippen molar-refractivity contribution in [2.75, 3.05) is 18.0 Å². The van der Waals surface area contributed by atoms with Gasteiger partial charge in [-0.2, -0.15) is 0 Å². The molecule has 2 rings (SSSR count). The molecule has 1 saturated heterocycles. The van der Waals surface area contributed by atoms with Gasteiger partial charge in [-0.05, 0) is 39.3 Å². The highest BCUT2D eigenvalue weighted by Gasteiger charge is 2.33. The van der Waals surface area contributed by atoms with Gasteiger partial charge in [0.05, 0.1) is 0 Å². The Balaban J connectivity index is 2.33. The first-order valence-corrected chi connectivity index (χ1v) is 6.73. The second-order valence-electron chi connectivity index (χ2n) is 5.66. The summed E-state index contributed by atoms with van der Waals surface area (Å²) in [5, 5.41) is 3.59. The molecule has 1 aromatic rings. The number of hydrogen-bond acceptors (Lipinski definition) is 2. The van der Waals surface area contributed by atoms with Gasteiger partial charge in [-0.15, -0.1) is 0 Å². The molecule has 1 aliphatic rings. The minimum absolute atomic E-state index is 0.114. The largest absolute Gasteiger partial charge is 0.365 e. The van der Waals surface area contributed by atoms with Crippen LogP contribution in [0.25, 0.3) is 0 Å². The van der Waals surface area contributed by atoms with E-state index in [1.54, 1.807) is 6.07 Å². The zero-order valence-electron chi connectivity index (χ0n) is 11.8. The number of piperazine rings is 1. The van der Waals surface area contributed by atoms with E-state index in [0.717, 1.165) is 30.8 Å². The van der Waals surface area contributed by atoms with Gasteiger partial charge in [-0.1, -0.05) is 13.0 Å². The van der Waals surface area contributed by atoms with Gasteiger partial charge in [-0.25, -0.2) is 4.39 Å². The average molecular weight is 250 g/mol. The molecule has 0 aromatic heterocycles. The van der Waals surface area contributed by atoms with Crippen LogP contribution >= 0.6 is 0 Å². The molecule has 0 saturated carbocycles. The van der Waals surface area contributed by atoms with Crippen LogP contribution in [-0.2, 0) is 0 Å². The zero-order chi connectivity index (χ0) is 13.3. The molecule has 3 heteroatoms. The minimum atomic E-state index is -0.114. The van der Waals surface area contributed by atoms with Gasteiger partial charge in [0.2, 0.25) is 0 Å². The lowest BCUT2D eigenvalue weighted by Gasteiger charge is -2.46. The third-order valence-corrected chi connectivity index (χ3v) is 4.20. The second kappa shape index (κ2) is 4.88. The Morgan fingerprint density at radius 2 is 2.22 bits per heavy atom. The average Bonchev–Trinajstić information content (AvgIpc) is 2.36. The lowest BCUT2D eigenvalue weighted by atomic mass is 9.93. The van der Waals surface area contributed by atoms with Crippen LogP contribution in [0.2, 0.25) is 0 Å². The van der Waals surface area contributed by atoms with Crippen LogP contribution in [0.5, 0.6) is 0 Å². The Morgan fingerprint density at radius 3 is 2.89 bits per heavy atom. The molecule has 0 bridgehead atoms. The second-order valence-corrected chi connectivity index (χ2v) is 5.66. The number of hydrogen-bond donors (Lipinski definition) is 1. The van der Waals surface area contributed by atoms with E-state index >= 15 is 0 Å². The fourth-order valence-corrected chi connectivity index (χ4v) is 2.56. The fourth-order valence-electron chi connectivity index (χ4n) is 2.56. The van der Waals surface area contributed by atoms with Gasteiger partial charge >= 0.3 is 0 Å². The topological polar surface area (TPSA) is 15.3 Å². The van der Waals surface area contributed by atoms with Gasteiger partial charge in [0.15, 0.2) is 0 Å². The molecular formula is C15H23FN2. The van der Waals surface area contributed by atoms with Crippen LogP contribution in [0.3, 0.4) is 0 Å². The monoisotopic (exact) mass is 250 g/mol. The Bertz CT molecular complexity index is 433. The molecule has 2 nitrogen and oxygen atoms in total. The first-order chi connectivity index (χ1) is 8.47. The first-order valence-electron chi connectivity index (χ1n) is 6.73. The summed E-state index contributed by atoms with van der Waals surface area (Å²) in [5.41, 5.74) is 1.90. The predicted molar refractivity (Wildman–Crippen MR) is 74.6 cm³/mol. The first kappa shape index (κ1) is 13.3. The molecule has 0 spiro atoms. The summed E-state index contributed by atoms with van der Waals surface area (Å²) in [5.74, 6) is -0.114. The summed E-state index contributed by atoms with van der Waals surface area (Å²) in [6.07, 6.45) is 1.07. The van der Waals surface area contributed by atoms with Crippen molar-refractivity contribution in [1.29, 1.82) is 0 Å². The van der Waals surface area contributed by atoms with Crippen molar-refractivity contribution < 1.29 is 4.39 Å². The van der Waals surface area contributed by atoms with Crippen LogP contribution in [0.4, 0.5) is 10.1 Å². The molecule has 0 amide bonds. The van der Waals surface area contributed by atoms with E-state index in [4.69, 9.17) is 0 Å². The Kier molecular flexibility index (Phi) is 3.62. The molecule has 2 unspecified atom stereocenters. The third kappa shape index (κ3) is 2.37. The van der Waals surface area contributed by atoms with E-state index < -0.39 is 0 Å². The van der Waals surface area contributed by atoms with Gasteiger partial charge in [-0.3, -0.25) is 0 Å². The maximum Gasteiger partial charge on any atom is 0.128 e. The van der Waals surface area contributed by atoms with Crippen LogP contribution < -0.4 is 10.2 Å². The highest BCUT2D eigenvalue weighted by Crippen LogP contribution is 2.28. The fraction of sp³-hybridized carbons (Fsp3) is 0.600. The highest BCUT2D eigenvalue weighted by molar-refractivity contribution is 5.55. The zero-order valence-corrected chi connectivity index (χ0v) is 11.8. The standard InChI is InChI=1S/C15H23FN2/c1-5-15(4)10-18(11(2)9-17-15)14-8-6-7-13(16)12(14)3/h6-8,11,17H,5,9-10H2,1-4H3. The number of nitrogens with one attached hydrogen (secondary N) is 1. The van der Waals surface area contributed by atoms with Crippen molar-refractivity contribution in [2.24, 2.45) is 0 Å².